The number of nitrogens with zero attached hydrogens (tertiary/aromatic N) is 1. The number of phenols is 1. The molecule has 3 unspecified atom stereocenters. The number of amides is 1. The number of carboxylic acid groups (broad SMARTS) is 1. The molecule has 2 aliphatic rings. The van der Waals surface area contributed by atoms with Crippen LogP contribution in [0.1, 0.15) is 35.2 Å². The second-order valence-corrected chi connectivity index (χ2v) is 5.69. The molecule has 2 heterocycles. The predicted molar refractivity (Wildman–Crippen MR) is 71.6 cm³/mol. The first kappa shape index (κ1) is 13.0. The number of hydrogen-bond acceptors (Lipinski definition) is 3. The van der Waals surface area contributed by atoms with Crippen LogP contribution < -0.4 is 0 Å². The number of phenolic OH excluding ortho intramolecular Hbond substituents is 1. The van der Waals surface area contributed by atoms with Crippen LogP contribution in [-0.2, 0) is 4.79 Å². The summed E-state index contributed by atoms with van der Waals surface area (Å²) < 4.78 is 0. The van der Waals surface area contributed by atoms with E-state index in [0.29, 0.717) is 17.5 Å². The summed E-state index contributed by atoms with van der Waals surface area (Å²) in [4.78, 5) is 25.6. The molecule has 106 valence electrons. The Labute approximate surface area is 116 Å². The first-order chi connectivity index (χ1) is 9.49. The summed E-state index contributed by atoms with van der Waals surface area (Å²) in [5, 5.41) is 18.6. The van der Waals surface area contributed by atoms with E-state index >= 15 is 0 Å². The maximum atomic E-state index is 12.7. The van der Waals surface area contributed by atoms with Gasteiger partial charge >= 0.3 is 5.97 Å². The minimum absolute atomic E-state index is 0.0433. The van der Waals surface area contributed by atoms with Gasteiger partial charge in [-0.05, 0) is 49.9 Å². The molecule has 3 rings (SSSR count). The molecule has 1 amide bonds. The average molecular weight is 275 g/mol. The van der Waals surface area contributed by atoms with Crippen LogP contribution in [0.2, 0.25) is 0 Å². The Morgan fingerprint density at radius 1 is 1.30 bits per heavy atom. The molecular formula is C15H17NO4. The highest BCUT2D eigenvalue weighted by Crippen LogP contribution is 2.42. The van der Waals surface area contributed by atoms with E-state index in [1.165, 1.54) is 6.07 Å². The lowest BCUT2D eigenvalue weighted by Crippen LogP contribution is -2.38. The number of carboxylic acids is 1. The molecule has 2 fully saturated rings. The van der Waals surface area contributed by atoms with Crippen LogP contribution in [-0.4, -0.2) is 39.1 Å². The van der Waals surface area contributed by atoms with Crippen LogP contribution in [0, 0.1) is 12.8 Å². The Kier molecular flexibility index (Phi) is 2.92. The highest BCUT2D eigenvalue weighted by atomic mass is 16.4. The zero-order chi connectivity index (χ0) is 14.4. The number of aliphatic carboxylic acids is 1. The molecule has 5 heteroatoms. The van der Waals surface area contributed by atoms with Crippen molar-refractivity contribution in [3.05, 3.63) is 29.3 Å². The number of aromatic hydroxyl groups is 1. The first-order valence-corrected chi connectivity index (χ1v) is 6.84. The number of fused-ring (bicyclic) bond motifs is 2. The summed E-state index contributed by atoms with van der Waals surface area (Å²) in [6.45, 7) is 1.78. The van der Waals surface area contributed by atoms with Crippen molar-refractivity contribution in [1.29, 1.82) is 0 Å². The molecule has 20 heavy (non-hydrogen) atoms. The van der Waals surface area contributed by atoms with Crippen LogP contribution in [0.3, 0.4) is 0 Å². The molecular weight excluding hydrogens is 258 g/mol. The summed E-state index contributed by atoms with van der Waals surface area (Å²) in [7, 11) is 0. The van der Waals surface area contributed by atoms with Gasteiger partial charge in [-0.15, -0.1) is 0 Å². The van der Waals surface area contributed by atoms with Crippen molar-refractivity contribution in [2.45, 2.75) is 38.3 Å². The lowest BCUT2D eigenvalue weighted by molar-refractivity contribution is -0.142. The van der Waals surface area contributed by atoms with Crippen LogP contribution in [0.15, 0.2) is 18.2 Å². The number of rotatable bonds is 2. The quantitative estimate of drug-likeness (QED) is 0.862. The zero-order valence-electron chi connectivity index (χ0n) is 11.2. The third-order valence-corrected chi connectivity index (χ3v) is 4.53. The standard InChI is InChI=1S/C15H17NO4/c1-8-6-10(17)3-4-11(8)14(18)16-9-2-5-13(16)12(7-9)15(19)20/h3-4,6,9,12-13,17H,2,5,7H2,1H3,(H,19,20). The van der Waals surface area contributed by atoms with Gasteiger partial charge in [0.2, 0.25) is 0 Å². The highest BCUT2D eigenvalue weighted by molar-refractivity contribution is 5.97. The third-order valence-electron chi connectivity index (χ3n) is 4.53. The lowest BCUT2D eigenvalue weighted by atomic mass is 9.89. The van der Waals surface area contributed by atoms with E-state index in [2.05, 4.69) is 0 Å². The summed E-state index contributed by atoms with van der Waals surface area (Å²) in [5.74, 6) is -1.22. The fraction of sp³-hybridized carbons (Fsp3) is 0.467. The molecule has 2 bridgehead atoms. The number of hydrogen-bond donors (Lipinski definition) is 2. The lowest BCUT2D eigenvalue weighted by Gasteiger charge is -2.24. The summed E-state index contributed by atoms with van der Waals surface area (Å²) >= 11 is 0. The fourth-order valence-corrected chi connectivity index (χ4v) is 3.60. The van der Waals surface area contributed by atoms with Gasteiger partial charge < -0.3 is 15.1 Å². The van der Waals surface area contributed by atoms with E-state index in [-0.39, 0.29) is 23.7 Å². The number of carbonyl (C=O) groups is 2. The molecule has 0 saturated carbocycles. The van der Waals surface area contributed by atoms with Crippen molar-refractivity contribution in [2.75, 3.05) is 0 Å². The van der Waals surface area contributed by atoms with E-state index in [1.807, 2.05) is 0 Å². The Bertz CT molecular complexity index is 583. The molecule has 0 aliphatic carbocycles. The van der Waals surface area contributed by atoms with Crippen molar-refractivity contribution >= 4 is 11.9 Å². The summed E-state index contributed by atoms with van der Waals surface area (Å²) in [6, 6.07) is 4.52. The van der Waals surface area contributed by atoms with Gasteiger partial charge in [0.25, 0.3) is 5.91 Å². The Morgan fingerprint density at radius 3 is 2.65 bits per heavy atom. The van der Waals surface area contributed by atoms with E-state index in [4.69, 9.17) is 0 Å². The Balaban J connectivity index is 1.90. The maximum absolute atomic E-state index is 12.7. The molecule has 2 aliphatic heterocycles. The number of benzene rings is 1. The number of carbonyl (C=O) groups excluding carboxylic acids is 1. The Morgan fingerprint density at radius 2 is 2.05 bits per heavy atom. The fourth-order valence-electron chi connectivity index (χ4n) is 3.60. The van der Waals surface area contributed by atoms with Crippen LogP contribution in [0.25, 0.3) is 0 Å². The minimum Gasteiger partial charge on any atom is -0.508 e. The largest absolute Gasteiger partial charge is 0.508 e. The molecule has 2 saturated heterocycles. The molecule has 1 aromatic rings. The molecule has 1 aromatic carbocycles. The van der Waals surface area contributed by atoms with Gasteiger partial charge in [0, 0.05) is 17.6 Å². The van der Waals surface area contributed by atoms with Gasteiger partial charge in [-0.1, -0.05) is 0 Å². The van der Waals surface area contributed by atoms with Gasteiger partial charge in [-0.25, -0.2) is 0 Å². The van der Waals surface area contributed by atoms with E-state index in [0.717, 1.165) is 12.8 Å². The topological polar surface area (TPSA) is 77.8 Å². The van der Waals surface area contributed by atoms with Gasteiger partial charge in [0.1, 0.15) is 5.75 Å². The highest BCUT2D eigenvalue weighted by Gasteiger charge is 2.51. The van der Waals surface area contributed by atoms with Crippen LogP contribution in [0.4, 0.5) is 0 Å². The molecule has 2 N–H and O–H groups in total. The third kappa shape index (κ3) is 1.85. The maximum Gasteiger partial charge on any atom is 0.308 e. The second kappa shape index (κ2) is 4.51. The average Bonchev–Trinajstić information content (AvgIpc) is 2.95. The summed E-state index contributed by atoms with van der Waals surface area (Å²) in [5.41, 5.74) is 1.26. The smallest absolute Gasteiger partial charge is 0.308 e. The minimum atomic E-state index is -0.808. The van der Waals surface area contributed by atoms with Gasteiger partial charge in [-0.3, -0.25) is 9.59 Å². The van der Waals surface area contributed by atoms with Crippen molar-refractivity contribution in [1.82, 2.24) is 4.90 Å². The van der Waals surface area contributed by atoms with Crippen molar-refractivity contribution in [3.63, 3.8) is 0 Å². The molecule has 3 atom stereocenters. The number of aryl methyl sites for hydroxylation is 1. The van der Waals surface area contributed by atoms with Gasteiger partial charge in [0.15, 0.2) is 0 Å². The van der Waals surface area contributed by atoms with Crippen molar-refractivity contribution in [2.24, 2.45) is 5.92 Å². The summed E-state index contributed by atoms with van der Waals surface area (Å²) in [6.07, 6.45) is 2.21. The first-order valence-electron chi connectivity index (χ1n) is 6.84. The molecule has 0 radical (unpaired) electrons. The van der Waals surface area contributed by atoms with Crippen molar-refractivity contribution in [3.8, 4) is 5.75 Å². The van der Waals surface area contributed by atoms with E-state index < -0.39 is 11.9 Å². The second-order valence-electron chi connectivity index (χ2n) is 5.69. The van der Waals surface area contributed by atoms with Gasteiger partial charge in [-0.2, -0.15) is 0 Å². The van der Waals surface area contributed by atoms with Crippen LogP contribution >= 0.6 is 0 Å². The normalized spacial score (nSPS) is 27.9. The molecule has 5 nitrogen and oxygen atoms in total. The van der Waals surface area contributed by atoms with Crippen LogP contribution in [0.5, 0.6) is 5.75 Å². The molecule has 0 spiro atoms. The van der Waals surface area contributed by atoms with Gasteiger partial charge in [0.05, 0.1) is 5.92 Å². The zero-order valence-corrected chi connectivity index (χ0v) is 11.2. The van der Waals surface area contributed by atoms with E-state index in [1.54, 1.807) is 24.0 Å². The SMILES string of the molecule is Cc1cc(O)ccc1C(=O)N1C2CCC1C(C(=O)O)C2. The monoisotopic (exact) mass is 275 g/mol. The van der Waals surface area contributed by atoms with E-state index in [9.17, 15) is 19.8 Å². The predicted octanol–water partition coefficient (Wildman–Crippen LogP) is 1.78. The van der Waals surface area contributed by atoms with Crippen molar-refractivity contribution < 1.29 is 19.8 Å². The molecule has 0 aromatic heterocycles. The Hall–Kier alpha value is -2.04.